The van der Waals surface area contributed by atoms with Crippen LogP contribution in [0, 0.1) is 5.82 Å². The van der Waals surface area contributed by atoms with E-state index in [4.69, 9.17) is 0 Å². The molecule has 0 aliphatic heterocycles. The number of rotatable bonds is 3. The summed E-state index contributed by atoms with van der Waals surface area (Å²) in [6.45, 7) is 0. The normalized spacial score (nSPS) is 11.6. The number of thiophene rings is 1. The largest absolute Gasteiger partial charge is 0.310 e. The van der Waals surface area contributed by atoms with E-state index in [-0.39, 0.29) is 5.82 Å². The van der Waals surface area contributed by atoms with Gasteiger partial charge in [0.05, 0.1) is 0 Å². The molecule has 1 heterocycles. The van der Waals surface area contributed by atoms with Gasteiger partial charge in [-0.3, -0.25) is 0 Å². The smallest absolute Gasteiger partial charge is 0.123 e. The van der Waals surface area contributed by atoms with Crippen LogP contribution in [0.4, 0.5) is 21.5 Å². The van der Waals surface area contributed by atoms with Gasteiger partial charge in [0.2, 0.25) is 0 Å². The van der Waals surface area contributed by atoms with Gasteiger partial charge in [0.25, 0.3) is 0 Å². The lowest BCUT2D eigenvalue weighted by molar-refractivity contribution is 0.628. The predicted octanol–water partition coefficient (Wildman–Crippen LogP) is 9.97. The Hall–Kier alpha value is -4.21. The lowest BCUT2D eigenvalue weighted by Crippen LogP contribution is -2.09. The standard InChI is InChI=1S/C32H20FNS/c33-21-14-16-23(17-15-21)34(22-8-2-1-3-9-22)24-18-19-30-29(20-24)31-27-12-6-4-10-25(27)26-11-5-7-13-28(26)32(31)35-30/h1-20H. The van der Waals surface area contributed by atoms with Crippen molar-refractivity contribution in [2.75, 3.05) is 4.90 Å². The molecule has 166 valence electrons. The molecule has 1 aromatic heterocycles. The summed E-state index contributed by atoms with van der Waals surface area (Å²) in [5.41, 5.74) is 3.01. The molecule has 0 aliphatic carbocycles. The molecule has 0 fully saturated rings. The average molecular weight is 470 g/mol. The first-order valence-electron chi connectivity index (χ1n) is 11.6. The second-order valence-corrected chi connectivity index (χ2v) is 9.78. The van der Waals surface area contributed by atoms with Gasteiger partial charge in [0.15, 0.2) is 0 Å². The van der Waals surface area contributed by atoms with Gasteiger partial charge in [-0.15, -0.1) is 11.3 Å². The van der Waals surface area contributed by atoms with E-state index >= 15 is 0 Å². The van der Waals surface area contributed by atoms with Gasteiger partial charge >= 0.3 is 0 Å². The van der Waals surface area contributed by atoms with Gasteiger partial charge in [0.1, 0.15) is 5.82 Å². The fourth-order valence-electron chi connectivity index (χ4n) is 5.15. The highest BCUT2D eigenvalue weighted by Crippen LogP contribution is 2.46. The second-order valence-electron chi connectivity index (χ2n) is 8.73. The molecule has 7 rings (SSSR count). The Balaban J connectivity index is 1.56. The number of hydrogen-bond donors (Lipinski definition) is 0. The summed E-state index contributed by atoms with van der Waals surface area (Å²) in [5, 5.41) is 7.68. The molecule has 0 amide bonds. The van der Waals surface area contributed by atoms with Crippen molar-refractivity contribution in [3.05, 3.63) is 127 Å². The second kappa shape index (κ2) is 7.93. The molecule has 7 aromatic rings. The molecule has 6 aromatic carbocycles. The van der Waals surface area contributed by atoms with E-state index in [1.54, 1.807) is 0 Å². The fourth-order valence-corrected chi connectivity index (χ4v) is 6.39. The van der Waals surface area contributed by atoms with Crippen molar-refractivity contribution in [2.45, 2.75) is 0 Å². The van der Waals surface area contributed by atoms with Crippen LogP contribution in [0.3, 0.4) is 0 Å². The SMILES string of the molecule is Fc1ccc(N(c2ccccc2)c2ccc3sc4c5ccccc5c5ccccc5c4c3c2)cc1. The summed E-state index contributed by atoms with van der Waals surface area (Å²) in [6, 6.07) is 41.0. The molecule has 0 saturated heterocycles. The molecular weight excluding hydrogens is 449 g/mol. The molecule has 3 heteroatoms. The summed E-state index contributed by atoms with van der Waals surface area (Å²) in [4.78, 5) is 2.19. The third kappa shape index (κ3) is 3.20. The van der Waals surface area contributed by atoms with Crippen LogP contribution >= 0.6 is 11.3 Å². The average Bonchev–Trinajstić information content (AvgIpc) is 3.30. The van der Waals surface area contributed by atoms with E-state index in [0.717, 1.165) is 17.1 Å². The van der Waals surface area contributed by atoms with Crippen molar-refractivity contribution >= 4 is 70.1 Å². The van der Waals surface area contributed by atoms with Crippen molar-refractivity contribution < 1.29 is 4.39 Å². The minimum Gasteiger partial charge on any atom is -0.310 e. The van der Waals surface area contributed by atoms with Gasteiger partial charge in [-0.25, -0.2) is 4.39 Å². The number of halogens is 1. The zero-order valence-corrected chi connectivity index (χ0v) is 19.6. The number of benzene rings is 6. The van der Waals surface area contributed by atoms with Crippen molar-refractivity contribution in [1.82, 2.24) is 0 Å². The maximum absolute atomic E-state index is 13.8. The van der Waals surface area contributed by atoms with Crippen LogP contribution in [0.5, 0.6) is 0 Å². The zero-order valence-electron chi connectivity index (χ0n) is 18.8. The maximum atomic E-state index is 13.8. The Bertz CT molecular complexity index is 1850. The zero-order chi connectivity index (χ0) is 23.4. The fraction of sp³-hybridized carbons (Fsp3) is 0. The Morgan fingerprint density at radius 2 is 1.06 bits per heavy atom. The highest BCUT2D eigenvalue weighted by atomic mass is 32.1. The monoisotopic (exact) mass is 469 g/mol. The summed E-state index contributed by atoms with van der Waals surface area (Å²) >= 11 is 1.85. The van der Waals surface area contributed by atoms with Crippen LogP contribution in [0.1, 0.15) is 0 Å². The highest BCUT2D eigenvalue weighted by molar-refractivity contribution is 7.27. The quantitative estimate of drug-likeness (QED) is 0.233. The first-order valence-corrected chi connectivity index (χ1v) is 12.5. The first kappa shape index (κ1) is 20.2. The topological polar surface area (TPSA) is 3.24 Å². The molecule has 0 saturated carbocycles. The molecule has 0 radical (unpaired) electrons. The molecule has 0 aliphatic rings. The molecule has 0 bridgehead atoms. The summed E-state index contributed by atoms with van der Waals surface area (Å²) in [5.74, 6) is -0.237. The van der Waals surface area contributed by atoms with Gasteiger partial charge < -0.3 is 4.90 Å². The number of nitrogens with zero attached hydrogens (tertiary/aromatic N) is 1. The molecule has 0 atom stereocenters. The molecule has 0 spiro atoms. The van der Waals surface area contributed by atoms with E-state index in [0.29, 0.717) is 0 Å². The van der Waals surface area contributed by atoms with E-state index in [2.05, 4.69) is 83.8 Å². The first-order chi connectivity index (χ1) is 17.3. The number of anilines is 3. The lowest BCUT2D eigenvalue weighted by atomic mass is 9.97. The maximum Gasteiger partial charge on any atom is 0.123 e. The molecular formula is C32H20FNS. The summed E-state index contributed by atoms with van der Waals surface area (Å²) in [6.07, 6.45) is 0. The van der Waals surface area contributed by atoms with Crippen LogP contribution in [0.15, 0.2) is 121 Å². The van der Waals surface area contributed by atoms with Crippen molar-refractivity contribution in [3.8, 4) is 0 Å². The number of para-hydroxylation sites is 1. The van der Waals surface area contributed by atoms with E-state index in [1.165, 1.54) is 53.8 Å². The van der Waals surface area contributed by atoms with Crippen LogP contribution in [-0.4, -0.2) is 0 Å². The van der Waals surface area contributed by atoms with E-state index in [1.807, 2.05) is 41.7 Å². The molecule has 1 nitrogen and oxygen atoms in total. The lowest BCUT2D eigenvalue weighted by Gasteiger charge is -2.25. The third-order valence-corrected chi connectivity index (χ3v) is 7.89. The number of hydrogen-bond acceptors (Lipinski definition) is 2. The van der Waals surface area contributed by atoms with Crippen LogP contribution in [-0.2, 0) is 0 Å². The molecule has 35 heavy (non-hydrogen) atoms. The van der Waals surface area contributed by atoms with Crippen LogP contribution in [0.25, 0.3) is 41.7 Å². The minimum absolute atomic E-state index is 0.237. The summed E-state index contributed by atoms with van der Waals surface area (Å²) < 4.78 is 16.3. The van der Waals surface area contributed by atoms with Crippen LogP contribution < -0.4 is 4.90 Å². The van der Waals surface area contributed by atoms with Crippen molar-refractivity contribution in [3.63, 3.8) is 0 Å². The predicted molar refractivity (Wildman–Crippen MR) is 149 cm³/mol. The highest BCUT2D eigenvalue weighted by Gasteiger charge is 2.17. The molecule has 0 unspecified atom stereocenters. The van der Waals surface area contributed by atoms with Crippen molar-refractivity contribution in [2.24, 2.45) is 0 Å². The molecule has 0 N–H and O–H groups in total. The van der Waals surface area contributed by atoms with Gasteiger partial charge in [-0.1, -0.05) is 66.7 Å². The number of fused-ring (bicyclic) bond motifs is 8. The Kier molecular flexibility index (Phi) is 4.58. The Morgan fingerprint density at radius 3 is 1.80 bits per heavy atom. The Labute approximate surface area is 206 Å². The van der Waals surface area contributed by atoms with E-state index < -0.39 is 0 Å². The third-order valence-electron chi connectivity index (χ3n) is 6.69. The van der Waals surface area contributed by atoms with Crippen molar-refractivity contribution in [1.29, 1.82) is 0 Å². The van der Waals surface area contributed by atoms with Crippen LogP contribution in [0.2, 0.25) is 0 Å². The van der Waals surface area contributed by atoms with Gasteiger partial charge in [-0.05, 0) is 70.8 Å². The summed E-state index contributed by atoms with van der Waals surface area (Å²) in [7, 11) is 0. The van der Waals surface area contributed by atoms with Gasteiger partial charge in [0, 0.05) is 42.6 Å². The minimum atomic E-state index is -0.237. The van der Waals surface area contributed by atoms with Gasteiger partial charge in [-0.2, -0.15) is 0 Å². The van der Waals surface area contributed by atoms with E-state index in [9.17, 15) is 4.39 Å². The Morgan fingerprint density at radius 1 is 0.486 bits per heavy atom.